The molecular formula is C20H20ClN5O. The zero-order chi connectivity index (χ0) is 19.4. The summed E-state index contributed by atoms with van der Waals surface area (Å²) in [6.07, 6.45) is 1.36. The quantitative estimate of drug-likeness (QED) is 0.680. The average molecular weight is 382 g/mol. The van der Waals surface area contributed by atoms with Gasteiger partial charge in [0.15, 0.2) is 0 Å². The van der Waals surface area contributed by atoms with Crippen LogP contribution in [0.1, 0.15) is 16.1 Å². The van der Waals surface area contributed by atoms with Crippen LogP contribution in [0.3, 0.4) is 0 Å². The summed E-state index contributed by atoms with van der Waals surface area (Å²) in [6.45, 7) is 1.94. The van der Waals surface area contributed by atoms with Gasteiger partial charge in [-0.1, -0.05) is 11.6 Å². The molecule has 0 radical (unpaired) electrons. The van der Waals surface area contributed by atoms with Crippen molar-refractivity contribution in [1.29, 1.82) is 0 Å². The van der Waals surface area contributed by atoms with Crippen molar-refractivity contribution in [2.75, 3.05) is 29.6 Å². The summed E-state index contributed by atoms with van der Waals surface area (Å²) in [4.78, 5) is 22.7. The first-order valence-corrected chi connectivity index (χ1v) is 8.74. The lowest BCUT2D eigenvalue weighted by molar-refractivity contribution is 0.102. The Morgan fingerprint density at radius 3 is 2.44 bits per heavy atom. The second-order valence-corrected chi connectivity index (χ2v) is 6.70. The highest BCUT2D eigenvalue weighted by atomic mass is 35.5. The summed E-state index contributed by atoms with van der Waals surface area (Å²) in [6, 6.07) is 14.7. The second-order valence-electron chi connectivity index (χ2n) is 6.27. The minimum Gasteiger partial charge on any atom is -0.378 e. The summed E-state index contributed by atoms with van der Waals surface area (Å²) in [5.41, 5.74) is 3.87. The van der Waals surface area contributed by atoms with E-state index in [9.17, 15) is 4.79 Å². The summed E-state index contributed by atoms with van der Waals surface area (Å²) < 4.78 is 0. The van der Waals surface area contributed by atoms with Crippen LogP contribution in [0.4, 0.5) is 22.9 Å². The normalized spacial score (nSPS) is 10.4. The fraction of sp³-hybridized carbons (Fsp3) is 0.150. The zero-order valence-corrected chi connectivity index (χ0v) is 16.1. The van der Waals surface area contributed by atoms with E-state index in [1.54, 1.807) is 12.1 Å². The third-order valence-corrected chi connectivity index (χ3v) is 4.23. The predicted molar refractivity (Wildman–Crippen MR) is 110 cm³/mol. The molecule has 0 atom stereocenters. The van der Waals surface area contributed by atoms with Gasteiger partial charge in [0.1, 0.15) is 17.8 Å². The van der Waals surface area contributed by atoms with Gasteiger partial charge < -0.3 is 15.5 Å². The fourth-order valence-electron chi connectivity index (χ4n) is 2.49. The molecule has 0 bridgehead atoms. The maximum Gasteiger partial charge on any atom is 0.274 e. The summed E-state index contributed by atoms with van der Waals surface area (Å²) in [5, 5.41) is 6.69. The van der Waals surface area contributed by atoms with Gasteiger partial charge in [0.25, 0.3) is 5.91 Å². The summed E-state index contributed by atoms with van der Waals surface area (Å²) >= 11 is 5.98. The van der Waals surface area contributed by atoms with Crippen LogP contribution in [0, 0.1) is 6.92 Å². The maximum atomic E-state index is 12.5. The van der Waals surface area contributed by atoms with Gasteiger partial charge in [-0.15, -0.1) is 0 Å². The predicted octanol–water partition coefficient (Wildman–Crippen LogP) is 4.50. The Kier molecular flexibility index (Phi) is 5.57. The van der Waals surface area contributed by atoms with Crippen molar-refractivity contribution < 1.29 is 4.79 Å². The molecule has 1 aromatic heterocycles. The van der Waals surface area contributed by atoms with Crippen LogP contribution in [0.15, 0.2) is 54.9 Å². The van der Waals surface area contributed by atoms with Gasteiger partial charge >= 0.3 is 0 Å². The van der Waals surface area contributed by atoms with Crippen LogP contribution < -0.4 is 15.5 Å². The molecule has 138 valence electrons. The van der Waals surface area contributed by atoms with Crippen LogP contribution in [-0.4, -0.2) is 30.0 Å². The van der Waals surface area contributed by atoms with Crippen molar-refractivity contribution in [2.24, 2.45) is 0 Å². The first kappa shape index (κ1) is 18.7. The summed E-state index contributed by atoms with van der Waals surface area (Å²) in [7, 11) is 3.93. The third-order valence-electron chi connectivity index (χ3n) is 3.99. The van der Waals surface area contributed by atoms with Gasteiger partial charge in [0, 0.05) is 42.2 Å². The molecule has 3 rings (SSSR count). The number of carbonyl (C=O) groups excluding carboxylic acids is 1. The Balaban J connectivity index is 1.73. The molecule has 1 heterocycles. The molecule has 0 saturated carbocycles. The number of nitrogens with one attached hydrogen (secondary N) is 2. The Labute approximate surface area is 163 Å². The van der Waals surface area contributed by atoms with E-state index < -0.39 is 0 Å². The maximum absolute atomic E-state index is 12.5. The van der Waals surface area contributed by atoms with Crippen LogP contribution >= 0.6 is 11.6 Å². The van der Waals surface area contributed by atoms with Gasteiger partial charge in [-0.3, -0.25) is 4.79 Å². The molecule has 6 nitrogen and oxygen atoms in total. The van der Waals surface area contributed by atoms with Crippen molar-refractivity contribution in [2.45, 2.75) is 6.92 Å². The number of amides is 1. The molecule has 7 heteroatoms. The third kappa shape index (κ3) is 4.74. The largest absolute Gasteiger partial charge is 0.378 e. The number of nitrogens with zero attached hydrogens (tertiary/aromatic N) is 3. The van der Waals surface area contributed by atoms with Crippen LogP contribution in [-0.2, 0) is 0 Å². The van der Waals surface area contributed by atoms with Crippen molar-refractivity contribution in [3.8, 4) is 0 Å². The molecule has 0 saturated heterocycles. The average Bonchev–Trinajstić information content (AvgIpc) is 2.65. The number of hydrogen-bond donors (Lipinski definition) is 2. The van der Waals surface area contributed by atoms with Gasteiger partial charge in [-0.25, -0.2) is 9.97 Å². The first-order valence-electron chi connectivity index (χ1n) is 8.36. The van der Waals surface area contributed by atoms with Crippen molar-refractivity contribution in [1.82, 2.24) is 9.97 Å². The van der Waals surface area contributed by atoms with E-state index in [4.69, 9.17) is 11.6 Å². The molecule has 0 aliphatic carbocycles. The lowest BCUT2D eigenvalue weighted by atomic mass is 10.2. The molecule has 3 aromatic rings. The van der Waals surface area contributed by atoms with Crippen LogP contribution in [0.25, 0.3) is 0 Å². The number of anilines is 4. The highest BCUT2D eigenvalue weighted by molar-refractivity contribution is 6.30. The fourth-order valence-corrected chi connectivity index (χ4v) is 2.72. The number of aryl methyl sites for hydroxylation is 1. The molecule has 27 heavy (non-hydrogen) atoms. The molecule has 0 spiro atoms. The van der Waals surface area contributed by atoms with Gasteiger partial charge in [-0.05, 0) is 55.0 Å². The van der Waals surface area contributed by atoms with E-state index >= 15 is 0 Å². The molecule has 0 aliphatic rings. The standard InChI is InChI=1S/C20H20ClN5O/c1-13-10-14(21)4-9-17(13)25-19-11-18(22-12-23-19)20(27)24-15-5-7-16(8-6-15)26(2)3/h4-12H,1-3H3,(H,24,27)(H,22,23,25). The Morgan fingerprint density at radius 1 is 1.04 bits per heavy atom. The van der Waals surface area contributed by atoms with E-state index in [1.165, 1.54) is 6.33 Å². The Bertz CT molecular complexity index is 957. The Morgan fingerprint density at radius 2 is 1.78 bits per heavy atom. The number of aromatic nitrogens is 2. The van der Waals surface area contributed by atoms with E-state index in [1.807, 2.05) is 62.3 Å². The van der Waals surface area contributed by atoms with Gasteiger partial charge in [-0.2, -0.15) is 0 Å². The van der Waals surface area contributed by atoms with E-state index in [0.717, 1.165) is 16.9 Å². The van der Waals surface area contributed by atoms with Gasteiger partial charge in [0.2, 0.25) is 0 Å². The molecule has 2 N–H and O–H groups in total. The smallest absolute Gasteiger partial charge is 0.274 e. The lowest BCUT2D eigenvalue weighted by Gasteiger charge is -2.13. The number of halogens is 1. The lowest BCUT2D eigenvalue weighted by Crippen LogP contribution is -2.14. The SMILES string of the molecule is Cc1cc(Cl)ccc1Nc1cc(C(=O)Nc2ccc(N(C)C)cc2)ncn1. The molecule has 1 amide bonds. The molecule has 2 aromatic carbocycles. The number of benzene rings is 2. The zero-order valence-electron chi connectivity index (χ0n) is 15.3. The topological polar surface area (TPSA) is 70.2 Å². The van der Waals surface area contributed by atoms with Crippen LogP contribution in [0.5, 0.6) is 0 Å². The molecule has 0 fully saturated rings. The van der Waals surface area contributed by atoms with Crippen LogP contribution in [0.2, 0.25) is 5.02 Å². The van der Waals surface area contributed by atoms with E-state index in [-0.39, 0.29) is 11.6 Å². The number of hydrogen-bond acceptors (Lipinski definition) is 5. The van der Waals surface area contributed by atoms with Crippen molar-refractivity contribution in [3.05, 3.63) is 71.1 Å². The molecular weight excluding hydrogens is 362 g/mol. The number of carbonyl (C=O) groups is 1. The van der Waals surface area contributed by atoms with Crippen molar-refractivity contribution >= 4 is 40.4 Å². The Hall–Kier alpha value is -3.12. The molecule has 0 unspecified atom stereocenters. The highest BCUT2D eigenvalue weighted by Gasteiger charge is 2.10. The van der Waals surface area contributed by atoms with E-state index in [0.29, 0.717) is 16.5 Å². The van der Waals surface area contributed by atoms with E-state index in [2.05, 4.69) is 20.6 Å². The highest BCUT2D eigenvalue weighted by Crippen LogP contribution is 2.23. The second kappa shape index (κ2) is 8.05. The monoisotopic (exact) mass is 381 g/mol. The van der Waals surface area contributed by atoms with Crippen molar-refractivity contribution in [3.63, 3.8) is 0 Å². The van der Waals surface area contributed by atoms with Gasteiger partial charge in [0.05, 0.1) is 0 Å². The first-order chi connectivity index (χ1) is 12.9. The minimum absolute atomic E-state index is 0.274. The number of rotatable bonds is 5. The minimum atomic E-state index is -0.300. The summed E-state index contributed by atoms with van der Waals surface area (Å²) in [5.74, 6) is 0.231. The molecule has 0 aliphatic heterocycles.